The van der Waals surface area contributed by atoms with Gasteiger partial charge in [-0.05, 0) is 62.6 Å². The average Bonchev–Trinajstić information content (AvgIpc) is 2.77. The molecule has 0 aliphatic carbocycles. The van der Waals surface area contributed by atoms with Crippen LogP contribution in [0.3, 0.4) is 0 Å². The average molecular weight is 471 g/mol. The van der Waals surface area contributed by atoms with E-state index in [1.165, 1.54) is 20.4 Å². The summed E-state index contributed by atoms with van der Waals surface area (Å²) in [5.74, 6) is 0.101. The highest BCUT2D eigenvalue weighted by Gasteiger charge is 2.13. The molecule has 154 valence electrons. The molecule has 0 atom stereocenters. The van der Waals surface area contributed by atoms with Crippen LogP contribution >= 0.6 is 15.9 Å². The number of methoxy groups -OCH3 is 2. The fourth-order valence-electron chi connectivity index (χ4n) is 2.70. The summed E-state index contributed by atoms with van der Waals surface area (Å²) >= 11 is 3.38. The molecule has 0 fully saturated rings. The van der Waals surface area contributed by atoms with Crippen LogP contribution in [-0.2, 0) is 9.53 Å². The van der Waals surface area contributed by atoms with Crippen LogP contribution in [0.5, 0.6) is 11.5 Å². The van der Waals surface area contributed by atoms with Gasteiger partial charge in [0.15, 0.2) is 6.61 Å². The Hall–Kier alpha value is -3.39. The lowest BCUT2D eigenvalue weighted by Gasteiger charge is -2.09. The smallest absolute Gasteiger partial charge is 0.343 e. The van der Waals surface area contributed by atoms with Gasteiger partial charge in [0.05, 0.1) is 30.5 Å². The molecule has 0 radical (unpaired) electrons. The Morgan fingerprint density at radius 1 is 1.03 bits per heavy atom. The van der Waals surface area contributed by atoms with Gasteiger partial charge in [-0.1, -0.05) is 24.3 Å². The molecule has 0 heterocycles. The molecule has 30 heavy (non-hydrogen) atoms. The molecule has 0 unspecified atom stereocenters. The van der Waals surface area contributed by atoms with Crippen molar-refractivity contribution in [2.24, 2.45) is 5.10 Å². The molecule has 3 aromatic rings. The first-order chi connectivity index (χ1) is 14.5. The Morgan fingerprint density at radius 3 is 2.43 bits per heavy atom. The van der Waals surface area contributed by atoms with E-state index in [1.807, 2.05) is 30.3 Å². The van der Waals surface area contributed by atoms with Crippen molar-refractivity contribution in [3.05, 3.63) is 70.2 Å². The Bertz CT molecular complexity index is 1110. The van der Waals surface area contributed by atoms with Gasteiger partial charge in [-0.25, -0.2) is 10.2 Å². The van der Waals surface area contributed by atoms with Crippen LogP contribution in [0, 0.1) is 0 Å². The second-order valence-electron chi connectivity index (χ2n) is 6.15. The van der Waals surface area contributed by atoms with Crippen LogP contribution in [0.4, 0.5) is 0 Å². The standard InChI is InChI=1S/C22H19BrN2O5/c1-28-20-11-16-6-4-3-5-15(16)10-17(20)22(27)25-24-12-14-7-8-19(18(23)9-14)30-13-21(26)29-2/h3-12H,13H2,1-2H3,(H,25,27). The van der Waals surface area contributed by atoms with E-state index in [0.717, 1.165) is 16.3 Å². The van der Waals surface area contributed by atoms with Crippen LogP contribution < -0.4 is 14.9 Å². The number of esters is 1. The maximum Gasteiger partial charge on any atom is 0.343 e. The number of carbonyl (C=O) groups is 2. The summed E-state index contributed by atoms with van der Waals surface area (Å²) in [7, 11) is 2.81. The van der Waals surface area contributed by atoms with Crippen LogP contribution in [0.25, 0.3) is 10.8 Å². The first kappa shape index (κ1) is 21.3. The van der Waals surface area contributed by atoms with Gasteiger partial charge < -0.3 is 14.2 Å². The van der Waals surface area contributed by atoms with Crippen molar-refractivity contribution in [3.63, 3.8) is 0 Å². The number of hydrogen-bond donors (Lipinski definition) is 1. The van der Waals surface area contributed by atoms with Gasteiger partial charge >= 0.3 is 5.97 Å². The van der Waals surface area contributed by atoms with E-state index in [0.29, 0.717) is 21.5 Å². The molecular weight excluding hydrogens is 452 g/mol. The van der Waals surface area contributed by atoms with E-state index in [2.05, 4.69) is 31.2 Å². The second kappa shape index (κ2) is 9.89. The summed E-state index contributed by atoms with van der Waals surface area (Å²) in [6.07, 6.45) is 1.50. The third-order valence-corrected chi connectivity index (χ3v) is 4.84. The normalized spacial score (nSPS) is 10.8. The Kier molecular flexibility index (Phi) is 7.03. The zero-order valence-corrected chi connectivity index (χ0v) is 17.9. The third-order valence-electron chi connectivity index (χ3n) is 4.22. The number of benzene rings is 3. The summed E-state index contributed by atoms with van der Waals surface area (Å²) in [5.41, 5.74) is 3.62. The molecule has 7 nitrogen and oxygen atoms in total. The molecule has 0 aromatic heterocycles. The molecule has 3 rings (SSSR count). The number of rotatable bonds is 7. The third kappa shape index (κ3) is 5.15. The molecule has 0 bridgehead atoms. The van der Waals surface area contributed by atoms with Crippen molar-refractivity contribution in [3.8, 4) is 11.5 Å². The lowest BCUT2D eigenvalue weighted by Crippen LogP contribution is -2.18. The first-order valence-corrected chi connectivity index (χ1v) is 9.70. The molecule has 1 amide bonds. The van der Waals surface area contributed by atoms with Gasteiger partial charge in [0.2, 0.25) is 0 Å². The van der Waals surface area contributed by atoms with Gasteiger partial charge in [0.1, 0.15) is 11.5 Å². The summed E-state index contributed by atoms with van der Waals surface area (Å²) in [6, 6.07) is 16.5. The van der Waals surface area contributed by atoms with E-state index in [-0.39, 0.29) is 12.5 Å². The fraction of sp³-hybridized carbons (Fsp3) is 0.136. The van der Waals surface area contributed by atoms with E-state index >= 15 is 0 Å². The number of hydrogen-bond acceptors (Lipinski definition) is 6. The summed E-state index contributed by atoms with van der Waals surface area (Å²) in [4.78, 5) is 23.7. The van der Waals surface area contributed by atoms with Crippen molar-refractivity contribution in [1.82, 2.24) is 5.43 Å². The summed E-state index contributed by atoms with van der Waals surface area (Å²) in [6.45, 7) is -0.188. The highest BCUT2D eigenvalue weighted by Crippen LogP contribution is 2.27. The van der Waals surface area contributed by atoms with Crippen molar-refractivity contribution in [1.29, 1.82) is 0 Å². The molecule has 8 heteroatoms. The van der Waals surface area contributed by atoms with Gasteiger partial charge in [-0.3, -0.25) is 4.79 Å². The number of fused-ring (bicyclic) bond motifs is 1. The van der Waals surface area contributed by atoms with Gasteiger partial charge in [0, 0.05) is 0 Å². The molecule has 0 aliphatic heterocycles. The van der Waals surface area contributed by atoms with E-state index < -0.39 is 5.97 Å². The van der Waals surface area contributed by atoms with E-state index in [9.17, 15) is 9.59 Å². The fourth-order valence-corrected chi connectivity index (χ4v) is 3.21. The number of ether oxygens (including phenoxy) is 3. The first-order valence-electron chi connectivity index (χ1n) is 8.91. The monoisotopic (exact) mass is 470 g/mol. The SMILES string of the molecule is COC(=O)COc1ccc(C=NNC(=O)c2cc3ccccc3cc2OC)cc1Br. The molecule has 0 saturated carbocycles. The van der Waals surface area contributed by atoms with Gasteiger partial charge in [-0.15, -0.1) is 0 Å². The molecule has 3 aromatic carbocycles. The molecule has 0 aliphatic rings. The predicted octanol–water partition coefficient (Wildman–Crippen LogP) is 3.93. The Labute approximate surface area is 181 Å². The predicted molar refractivity (Wildman–Crippen MR) is 117 cm³/mol. The van der Waals surface area contributed by atoms with Crippen molar-refractivity contribution in [2.45, 2.75) is 0 Å². The number of nitrogens with one attached hydrogen (secondary N) is 1. The Balaban J connectivity index is 1.69. The van der Waals surface area contributed by atoms with Gasteiger partial charge in [-0.2, -0.15) is 5.10 Å². The number of amides is 1. The quantitative estimate of drug-likeness (QED) is 0.321. The van der Waals surface area contributed by atoms with Crippen LogP contribution in [0.1, 0.15) is 15.9 Å². The lowest BCUT2D eigenvalue weighted by atomic mass is 10.1. The summed E-state index contributed by atoms with van der Waals surface area (Å²) < 4.78 is 15.9. The highest BCUT2D eigenvalue weighted by molar-refractivity contribution is 9.10. The number of halogens is 1. The highest BCUT2D eigenvalue weighted by atomic mass is 79.9. The van der Waals surface area contributed by atoms with Crippen molar-refractivity contribution < 1.29 is 23.8 Å². The molecule has 1 N–H and O–H groups in total. The number of hydrazone groups is 1. The summed E-state index contributed by atoms with van der Waals surface area (Å²) in [5, 5.41) is 5.93. The Morgan fingerprint density at radius 2 is 1.77 bits per heavy atom. The maximum absolute atomic E-state index is 12.6. The minimum Gasteiger partial charge on any atom is -0.496 e. The van der Waals surface area contributed by atoms with Crippen LogP contribution in [0.15, 0.2) is 64.2 Å². The largest absolute Gasteiger partial charge is 0.496 e. The van der Waals surface area contributed by atoms with Crippen molar-refractivity contribution in [2.75, 3.05) is 20.8 Å². The topological polar surface area (TPSA) is 86.2 Å². The van der Waals surface area contributed by atoms with Crippen LogP contribution in [0.2, 0.25) is 0 Å². The lowest BCUT2D eigenvalue weighted by molar-refractivity contribution is -0.142. The van der Waals surface area contributed by atoms with E-state index in [4.69, 9.17) is 9.47 Å². The zero-order valence-electron chi connectivity index (χ0n) is 16.3. The second-order valence-corrected chi connectivity index (χ2v) is 7.01. The molecule has 0 saturated heterocycles. The number of carbonyl (C=O) groups excluding carboxylic acids is 2. The minimum absolute atomic E-state index is 0.188. The molecular formula is C22H19BrN2O5. The van der Waals surface area contributed by atoms with Crippen molar-refractivity contribution >= 4 is 44.8 Å². The van der Waals surface area contributed by atoms with E-state index in [1.54, 1.807) is 24.3 Å². The maximum atomic E-state index is 12.6. The zero-order chi connectivity index (χ0) is 21.5. The van der Waals surface area contributed by atoms with Crippen LogP contribution in [-0.4, -0.2) is 38.9 Å². The number of nitrogens with zero attached hydrogens (tertiary/aromatic N) is 1. The minimum atomic E-state index is -0.473. The molecule has 0 spiro atoms. The van der Waals surface area contributed by atoms with Gasteiger partial charge in [0.25, 0.3) is 5.91 Å².